The molecule has 0 aliphatic carbocycles. The van der Waals surface area contributed by atoms with E-state index < -0.39 is 29.2 Å². The molecule has 3 aromatic rings. The smallest absolute Gasteiger partial charge is 0.338 e. The first-order valence-corrected chi connectivity index (χ1v) is 8.85. The number of carbonyl (C=O) groups excluding carboxylic acids is 2. The molecule has 0 saturated heterocycles. The maximum absolute atomic E-state index is 13.5. The van der Waals surface area contributed by atoms with Crippen molar-refractivity contribution in [3.63, 3.8) is 0 Å². The molecule has 2 N–H and O–H groups in total. The Hall–Kier alpha value is -3.55. The third-order valence-electron chi connectivity index (χ3n) is 4.51. The van der Waals surface area contributed by atoms with Crippen LogP contribution < -0.4 is 0 Å². The molecule has 3 rings (SSSR count). The number of nitrogens with zero attached hydrogens (tertiary/aromatic N) is 1. The molecule has 0 amide bonds. The van der Waals surface area contributed by atoms with Crippen molar-refractivity contribution in [2.24, 2.45) is 0 Å². The van der Waals surface area contributed by atoms with Crippen LogP contribution in [0.25, 0.3) is 0 Å². The minimum absolute atomic E-state index is 0.0436. The van der Waals surface area contributed by atoms with Gasteiger partial charge in [-0.15, -0.1) is 0 Å². The highest BCUT2D eigenvalue weighted by molar-refractivity contribution is 6.09. The normalized spacial score (nSPS) is 11.1. The second-order valence-corrected chi connectivity index (χ2v) is 6.78. The highest BCUT2D eigenvalue weighted by Gasteiger charge is 2.25. The third kappa shape index (κ3) is 3.87. The van der Waals surface area contributed by atoms with Gasteiger partial charge in [-0.2, -0.15) is 0 Å². The van der Waals surface area contributed by atoms with Crippen LogP contribution in [0.15, 0.2) is 40.9 Å². The number of carbonyl (C=O) groups is 2. The fourth-order valence-corrected chi connectivity index (χ4v) is 2.98. The monoisotopic (exact) mass is 401 g/mol. The fourth-order valence-electron chi connectivity index (χ4n) is 2.98. The van der Waals surface area contributed by atoms with Gasteiger partial charge in [-0.1, -0.05) is 6.07 Å². The molecular weight excluding hydrogens is 381 g/mol. The molecule has 152 valence electrons. The molecule has 0 bridgehead atoms. The van der Waals surface area contributed by atoms with E-state index in [1.165, 1.54) is 36.1 Å². The van der Waals surface area contributed by atoms with E-state index >= 15 is 0 Å². The summed E-state index contributed by atoms with van der Waals surface area (Å²) in [4.78, 5) is 24.6. The van der Waals surface area contributed by atoms with Crippen molar-refractivity contribution in [2.75, 3.05) is 7.11 Å². The standard InChI is InChI=1S/C21H20FNO6/c1-11(2)23-10-16(19(25)20(23)26)18(24)17-7-6-14(29-17)8-12-4-5-13(22)9-15(12)21(27)28-3/h4-7,9-11,25-26H,8H2,1-3H3. The van der Waals surface area contributed by atoms with E-state index in [2.05, 4.69) is 4.74 Å². The van der Waals surface area contributed by atoms with Gasteiger partial charge in [-0.25, -0.2) is 9.18 Å². The molecular formula is C21H20FNO6. The van der Waals surface area contributed by atoms with Crippen LogP contribution in [0.4, 0.5) is 4.39 Å². The van der Waals surface area contributed by atoms with Crippen molar-refractivity contribution < 1.29 is 33.3 Å². The average Bonchev–Trinajstić information content (AvgIpc) is 3.27. The van der Waals surface area contributed by atoms with E-state index in [0.717, 1.165) is 6.07 Å². The zero-order valence-corrected chi connectivity index (χ0v) is 16.1. The van der Waals surface area contributed by atoms with E-state index in [0.29, 0.717) is 11.3 Å². The third-order valence-corrected chi connectivity index (χ3v) is 4.51. The van der Waals surface area contributed by atoms with Gasteiger partial charge in [0.2, 0.25) is 11.7 Å². The number of aromatic nitrogens is 1. The minimum Gasteiger partial charge on any atom is -0.503 e. The summed E-state index contributed by atoms with van der Waals surface area (Å²) in [7, 11) is 1.20. The molecule has 0 aliphatic heterocycles. The molecule has 0 spiro atoms. The van der Waals surface area contributed by atoms with E-state index in [4.69, 9.17) is 4.42 Å². The van der Waals surface area contributed by atoms with Crippen molar-refractivity contribution in [2.45, 2.75) is 26.3 Å². The number of halogens is 1. The summed E-state index contributed by atoms with van der Waals surface area (Å²) in [6.07, 6.45) is 1.48. The summed E-state index contributed by atoms with van der Waals surface area (Å²) >= 11 is 0. The van der Waals surface area contributed by atoms with Crippen LogP contribution in [0.1, 0.15) is 57.7 Å². The summed E-state index contributed by atoms with van der Waals surface area (Å²) in [5.74, 6) is -2.46. The number of hydrogen-bond donors (Lipinski definition) is 2. The Labute approximate surface area is 166 Å². The molecule has 0 fully saturated rings. The van der Waals surface area contributed by atoms with E-state index in [1.807, 2.05) is 0 Å². The molecule has 0 unspecified atom stereocenters. The minimum atomic E-state index is -0.683. The number of esters is 1. The Morgan fingerprint density at radius 2 is 1.90 bits per heavy atom. The number of ether oxygens (including phenoxy) is 1. The van der Waals surface area contributed by atoms with Crippen molar-refractivity contribution in [1.82, 2.24) is 4.57 Å². The van der Waals surface area contributed by atoms with Crippen molar-refractivity contribution in [1.29, 1.82) is 0 Å². The Morgan fingerprint density at radius 1 is 1.17 bits per heavy atom. The van der Waals surface area contributed by atoms with E-state index in [-0.39, 0.29) is 29.3 Å². The summed E-state index contributed by atoms with van der Waals surface area (Å²) in [6, 6.07) is 6.55. The van der Waals surface area contributed by atoms with Crippen molar-refractivity contribution >= 4 is 11.8 Å². The molecule has 2 heterocycles. The molecule has 0 saturated carbocycles. The van der Waals surface area contributed by atoms with Gasteiger partial charge >= 0.3 is 5.97 Å². The summed E-state index contributed by atoms with van der Waals surface area (Å²) in [5, 5.41) is 20.0. The lowest BCUT2D eigenvalue weighted by atomic mass is 10.0. The molecule has 29 heavy (non-hydrogen) atoms. The lowest BCUT2D eigenvalue weighted by molar-refractivity contribution is 0.0599. The number of aromatic hydroxyl groups is 2. The zero-order chi connectivity index (χ0) is 21.3. The number of rotatable bonds is 6. The molecule has 8 heteroatoms. The maximum atomic E-state index is 13.5. The molecule has 0 atom stereocenters. The van der Waals surface area contributed by atoms with Crippen LogP contribution in [0.3, 0.4) is 0 Å². The van der Waals surface area contributed by atoms with Crippen LogP contribution in [0.2, 0.25) is 0 Å². The first-order valence-electron chi connectivity index (χ1n) is 8.85. The van der Waals surface area contributed by atoms with Crippen molar-refractivity contribution in [3.8, 4) is 11.6 Å². The first-order chi connectivity index (χ1) is 13.7. The van der Waals surface area contributed by atoms with Gasteiger partial charge in [0.15, 0.2) is 11.5 Å². The van der Waals surface area contributed by atoms with Crippen LogP contribution in [-0.2, 0) is 11.2 Å². The number of methoxy groups -OCH3 is 1. The molecule has 7 nitrogen and oxygen atoms in total. The lowest BCUT2D eigenvalue weighted by Crippen LogP contribution is -2.06. The van der Waals surface area contributed by atoms with Gasteiger partial charge in [0.25, 0.3) is 0 Å². The Balaban J connectivity index is 1.88. The van der Waals surface area contributed by atoms with Crippen LogP contribution in [0, 0.1) is 5.82 Å². The Bertz CT molecular complexity index is 1080. The van der Waals surface area contributed by atoms with Gasteiger partial charge in [0.1, 0.15) is 11.6 Å². The van der Waals surface area contributed by atoms with E-state index in [1.54, 1.807) is 19.9 Å². The number of benzene rings is 1. The molecule has 1 aromatic carbocycles. The Kier molecular flexibility index (Phi) is 5.45. The highest BCUT2D eigenvalue weighted by atomic mass is 19.1. The molecule has 0 radical (unpaired) electrons. The fraction of sp³-hybridized carbons (Fsp3) is 0.238. The van der Waals surface area contributed by atoms with E-state index in [9.17, 15) is 24.2 Å². The predicted octanol–water partition coefficient (Wildman–Crippen LogP) is 3.82. The zero-order valence-electron chi connectivity index (χ0n) is 16.1. The lowest BCUT2D eigenvalue weighted by Gasteiger charge is -2.07. The van der Waals surface area contributed by atoms with Gasteiger partial charge in [0.05, 0.1) is 18.2 Å². The van der Waals surface area contributed by atoms with Gasteiger partial charge in [-0.05, 0) is 43.7 Å². The van der Waals surface area contributed by atoms with Crippen molar-refractivity contribution in [3.05, 3.63) is 70.6 Å². The summed E-state index contributed by atoms with van der Waals surface area (Å²) in [6.45, 7) is 3.58. The summed E-state index contributed by atoms with van der Waals surface area (Å²) in [5.41, 5.74) is 0.445. The van der Waals surface area contributed by atoms with Crippen LogP contribution in [-0.4, -0.2) is 33.6 Å². The number of furan rings is 1. The van der Waals surface area contributed by atoms with Gasteiger partial charge in [0, 0.05) is 18.7 Å². The number of ketones is 1. The van der Waals surface area contributed by atoms with Gasteiger partial charge in [-0.3, -0.25) is 4.79 Å². The first kappa shape index (κ1) is 20.2. The highest BCUT2D eigenvalue weighted by Crippen LogP contribution is 2.35. The maximum Gasteiger partial charge on any atom is 0.338 e. The second kappa shape index (κ2) is 7.83. The topological polar surface area (TPSA) is 102 Å². The largest absolute Gasteiger partial charge is 0.503 e. The Morgan fingerprint density at radius 3 is 2.52 bits per heavy atom. The predicted molar refractivity (Wildman–Crippen MR) is 101 cm³/mol. The van der Waals surface area contributed by atoms with Crippen LogP contribution in [0.5, 0.6) is 11.6 Å². The SMILES string of the molecule is COC(=O)c1cc(F)ccc1Cc1ccc(C(=O)c2cn(C(C)C)c(O)c2O)o1. The second-order valence-electron chi connectivity index (χ2n) is 6.78. The summed E-state index contributed by atoms with van der Waals surface area (Å²) < 4.78 is 25.1. The quantitative estimate of drug-likeness (QED) is 0.481. The molecule has 0 aliphatic rings. The number of hydrogen-bond acceptors (Lipinski definition) is 6. The van der Waals surface area contributed by atoms with Crippen LogP contribution >= 0.6 is 0 Å². The average molecular weight is 401 g/mol. The van der Waals surface area contributed by atoms with Gasteiger partial charge < -0.3 is 23.9 Å². The molecule has 2 aromatic heterocycles.